The highest BCUT2D eigenvalue weighted by molar-refractivity contribution is 5.94. The number of hydrogen-bond donors (Lipinski definition) is 0. The molecule has 1 aromatic heterocycles. The normalized spacial score (nSPS) is 17.4. The molecule has 7 nitrogen and oxygen atoms in total. The number of amides is 2. The lowest BCUT2D eigenvalue weighted by Gasteiger charge is -2.34. The van der Waals surface area contributed by atoms with E-state index in [9.17, 15) is 9.59 Å². The zero-order valence-electron chi connectivity index (χ0n) is 18.9. The summed E-state index contributed by atoms with van der Waals surface area (Å²) in [7, 11) is 0. The number of aromatic nitrogens is 1. The topological polar surface area (TPSA) is 75.9 Å². The van der Waals surface area contributed by atoms with E-state index in [-0.39, 0.29) is 18.2 Å². The van der Waals surface area contributed by atoms with Crippen molar-refractivity contribution in [3.05, 3.63) is 47.3 Å². The second-order valence-corrected chi connectivity index (χ2v) is 8.95. The number of hydrogen-bond acceptors (Lipinski definition) is 5. The summed E-state index contributed by atoms with van der Waals surface area (Å²) in [5.41, 5.74) is 1.28. The van der Waals surface area contributed by atoms with E-state index in [0.29, 0.717) is 49.8 Å². The van der Waals surface area contributed by atoms with Crippen LogP contribution in [0, 0.1) is 12.8 Å². The smallest absolute Gasteiger partial charge is 0.254 e. The number of piperazine rings is 1. The number of benzene rings is 1. The average Bonchev–Trinajstić information content (AvgIpc) is 3.24. The fraction of sp³-hybridized carbons (Fsp3) is 0.560. The molecule has 1 saturated heterocycles. The molecule has 0 unspecified atom stereocenters. The van der Waals surface area contributed by atoms with Crippen molar-refractivity contribution in [1.29, 1.82) is 0 Å². The molecule has 0 radical (unpaired) electrons. The van der Waals surface area contributed by atoms with Gasteiger partial charge in [-0.05, 0) is 37.5 Å². The largest absolute Gasteiger partial charge is 0.494 e. The molecule has 2 aliphatic rings. The van der Waals surface area contributed by atoms with Crippen LogP contribution in [0.3, 0.4) is 0 Å². The van der Waals surface area contributed by atoms with Gasteiger partial charge >= 0.3 is 0 Å². The van der Waals surface area contributed by atoms with Crippen LogP contribution in [0.4, 0.5) is 0 Å². The Bertz CT molecular complexity index is 911. The van der Waals surface area contributed by atoms with Crippen LogP contribution in [0.25, 0.3) is 0 Å². The monoisotopic (exact) mass is 439 g/mol. The van der Waals surface area contributed by atoms with Gasteiger partial charge in [-0.1, -0.05) is 43.3 Å². The molecule has 2 aromatic rings. The number of aryl methyl sites for hydroxylation is 1. The molecule has 1 aromatic carbocycles. The van der Waals surface area contributed by atoms with Crippen molar-refractivity contribution in [3.8, 4) is 5.75 Å². The molecule has 2 fully saturated rings. The molecule has 0 spiro atoms. The number of carbonyl (C=O) groups is 2. The van der Waals surface area contributed by atoms with Gasteiger partial charge in [-0.3, -0.25) is 9.59 Å². The first-order valence-corrected chi connectivity index (χ1v) is 11.8. The molecule has 32 heavy (non-hydrogen) atoms. The molecule has 0 bridgehead atoms. The highest BCUT2D eigenvalue weighted by Gasteiger charge is 2.25. The van der Waals surface area contributed by atoms with Crippen LogP contribution in [0.5, 0.6) is 5.75 Å². The van der Waals surface area contributed by atoms with Crippen molar-refractivity contribution < 1.29 is 18.8 Å². The van der Waals surface area contributed by atoms with Gasteiger partial charge in [-0.25, -0.2) is 0 Å². The lowest BCUT2D eigenvalue weighted by Crippen LogP contribution is -2.51. The maximum atomic E-state index is 13.0. The van der Waals surface area contributed by atoms with E-state index in [1.807, 2.05) is 36.1 Å². The Balaban J connectivity index is 1.24. The minimum absolute atomic E-state index is 0.0121. The van der Waals surface area contributed by atoms with Crippen molar-refractivity contribution in [2.24, 2.45) is 5.92 Å². The Morgan fingerprint density at radius 1 is 1.06 bits per heavy atom. The molecule has 4 rings (SSSR count). The van der Waals surface area contributed by atoms with Crippen LogP contribution in [-0.4, -0.2) is 59.6 Å². The van der Waals surface area contributed by atoms with Crippen LogP contribution in [0.2, 0.25) is 0 Å². The molecule has 1 aliphatic heterocycles. The molecule has 172 valence electrons. The van der Waals surface area contributed by atoms with E-state index < -0.39 is 0 Å². The summed E-state index contributed by atoms with van der Waals surface area (Å²) in [6.45, 7) is 4.61. The molecular weight excluding hydrogens is 406 g/mol. The number of carbonyl (C=O) groups excluding carboxylic acids is 2. The minimum atomic E-state index is -0.0121. The maximum Gasteiger partial charge on any atom is 0.254 e. The standard InChI is InChI=1S/C25H33N3O4/c1-19-16-22(26-32-19)18-24(29)27-11-13-28(14-12-27)25(30)21-8-5-9-23(17-21)31-15-10-20-6-3-2-4-7-20/h5,8-9,16-17,20H,2-4,6-7,10-15,18H2,1H3. The van der Waals surface area contributed by atoms with Gasteiger partial charge in [0.15, 0.2) is 0 Å². The lowest BCUT2D eigenvalue weighted by atomic mass is 9.87. The van der Waals surface area contributed by atoms with Crippen molar-refractivity contribution in [1.82, 2.24) is 15.0 Å². The molecule has 0 N–H and O–H groups in total. The van der Waals surface area contributed by atoms with Gasteiger partial charge in [0, 0.05) is 37.8 Å². The van der Waals surface area contributed by atoms with Crippen molar-refractivity contribution in [2.45, 2.75) is 51.9 Å². The third kappa shape index (κ3) is 5.90. The summed E-state index contributed by atoms with van der Waals surface area (Å²) < 4.78 is 11.0. The Morgan fingerprint density at radius 2 is 1.81 bits per heavy atom. The summed E-state index contributed by atoms with van der Waals surface area (Å²) in [6.07, 6.45) is 7.99. The second-order valence-electron chi connectivity index (χ2n) is 8.95. The van der Waals surface area contributed by atoms with E-state index >= 15 is 0 Å². The van der Waals surface area contributed by atoms with Crippen molar-refractivity contribution in [3.63, 3.8) is 0 Å². The molecule has 2 heterocycles. The predicted molar refractivity (Wildman–Crippen MR) is 121 cm³/mol. The highest BCUT2D eigenvalue weighted by Crippen LogP contribution is 2.26. The van der Waals surface area contributed by atoms with Gasteiger partial charge in [0.2, 0.25) is 5.91 Å². The summed E-state index contributed by atoms with van der Waals surface area (Å²) in [6, 6.07) is 9.25. The Labute approximate surface area is 189 Å². The first-order chi connectivity index (χ1) is 15.6. The SMILES string of the molecule is Cc1cc(CC(=O)N2CCN(C(=O)c3cccc(OCCC4CCCCC4)c3)CC2)no1. The minimum Gasteiger partial charge on any atom is -0.494 e. The zero-order chi connectivity index (χ0) is 22.3. The van der Waals surface area contributed by atoms with E-state index in [1.165, 1.54) is 32.1 Å². The van der Waals surface area contributed by atoms with Crippen molar-refractivity contribution >= 4 is 11.8 Å². The Hall–Kier alpha value is -2.83. The van der Waals surface area contributed by atoms with E-state index in [0.717, 1.165) is 18.1 Å². The first-order valence-electron chi connectivity index (χ1n) is 11.8. The van der Waals surface area contributed by atoms with Crippen LogP contribution < -0.4 is 4.74 Å². The number of ether oxygens (including phenoxy) is 1. The van der Waals surface area contributed by atoms with E-state index in [1.54, 1.807) is 11.0 Å². The fourth-order valence-electron chi connectivity index (χ4n) is 4.65. The summed E-state index contributed by atoms with van der Waals surface area (Å²) in [5, 5.41) is 3.89. The van der Waals surface area contributed by atoms with Gasteiger partial charge in [-0.2, -0.15) is 0 Å². The van der Waals surface area contributed by atoms with Crippen LogP contribution in [0.1, 0.15) is 60.3 Å². The molecule has 2 amide bonds. The zero-order valence-corrected chi connectivity index (χ0v) is 18.9. The predicted octanol–water partition coefficient (Wildman–Crippen LogP) is 3.86. The van der Waals surface area contributed by atoms with Gasteiger partial charge in [0.25, 0.3) is 5.91 Å². The van der Waals surface area contributed by atoms with Gasteiger partial charge < -0.3 is 19.1 Å². The molecular formula is C25H33N3O4. The fourth-order valence-corrected chi connectivity index (χ4v) is 4.65. The Morgan fingerprint density at radius 3 is 2.53 bits per heavy atom. The third-order valence-electron chi connectivity index (χ3n) is 6.53. The van der Waals surface area contributed by atoms with E-state index in [2.05, 4.69) is 5.16 Å². The molecule has 1 aliphatic carbocycles. The lowest BCUT2D eigenvalue weighted by molar-refractivity contribution is -0.132. The van der Waals surface area contributed by atoms with Crippen LogP contribution >= 0.6 is 0 Å². The third-order valence-corrected chi connectivity index (χ3v) is 6.53. The van der Waals surface area contributed by atoms with Gasteiger partial charge in [0.1, 0.15) is 11.5 Å². The van der Waals surface area contributed by atoms with Crippen molar-refractivity contribution in [2.75, 3.05) is 32.8 Å². The highest BCUT2D eigenvalue weighted by atomic mass is 16.5. The quantitative estimate of drug-likeness (QED) is 0.655. The molecule has 1 saturated carbocycles. The molecule has 0 atom stereocenters. The Kier molecular flexibility index (Phi) is 7.45. The van der Waals surface area contributed by atoms with Gasteiger partial charge in [0.05, 0.1) is 18.7 Å². The number of nitrogens with zero attached hydrogens (tertiary/aromatic N) is 3. The number of rotatable bonds is 7. The second kappa shape index (κ2) is 10.7. The maximum absolute atomic E-state index is 13.0. The van der Waals surface area contributed by atoms with E-state index in [4.69, 9.17) is 9.26 Å². The average molecular weight is 440 g/mol. The van der Waals surface area contributed by atoms with Crippen LogP contribution in [0.15, 0.2) is 34.9 Å². The summed E-state index contributed by atoms with van der Waals surface area (Å²) in [4.78, 5) is 29.1. The first kappa shape index (κ1) is 22.4. The summed E-state index contributed by atoms with van der Waals surface area (Å²) in [5.74, 6) is 2.23. The van der Waals surface area contributed by atoms with Gasteiger partial charge in [-0.15, -0.1) is 0 Å². The van der Waals surface area contributed by atoms with Crippen LogP contribution in [-0.2, 0) is 11.2 Å². The molecule has 7 heteroatoms. The summed E-state index contributed by atoms with van der Waals surface area (Å²) >= 11 is 0.